The van der Waals surface area contributed by atoms with E-state index in [1.165, 1.54) is 12.2 Å². The summed E-state index contributed by atoms with van der Waals surface area (Å²) in [6.07, 6.45) is 2.81. The van der Waals surface area contributed by atoms with Gasteiger partial charge < -0.3 is 20.7 Å². The van der Waals surface area contributed by atoms with Crippen molar-refractivity contribution in [1.82, 2.24) is 20.9 Å². The molecule has 0 saturated heterocycles. The zero-order valence-electron chi connectivity index (χ0n) is 23.8. The molecule has 5 amide bonds. The lowest BCUT2D eigenvalue weighted by atomic mass is 9.99. The lowest BCUT2D eigenvalue weighted by Gasteiger charge is -2.18. The van der Waals surface area contributed by atoms with Crippen LogP contribution in [0.15, 0.2) is 42.5 Å². The van der Waals surface area contributed by atoms with Gasteiger partial charge in [-0.05, 0) is 24.8 Å². The maximum Gasteiger partial charge on any atom is 0.253 e. The number of nitrogens with one attached hydrogen (secondary N) is 3. The Bertz CT molecular complexity index is 1180. The Hall–Kier alpha value is -4.48. The molecule has 1 aliphatic rings. The van der Waals surface area contributed by atoms with Crippen LogP contribution < -0.4 is 16.0 Å². The molecule has 0 aliphatic carbocycles. The number of carbonyl (C=O) groups is 8. The van der Waals surface area contributed by atoms with E-state index in [1.54, 1.807) is 30.3 Å². The van der Waals surface area contributed by atoms with Crippen LogP contribution in [0.1, 0.15) is 58.3 Å². The van der Waals surface area contributed by atoms with Gasteiger partial charge in [-0.25, -0.2) is 0 Å². The molecule has 3 N–H and O–H groups in total. The quantitative estimate of drug-likeness (QED) is 0.114. The molecule has 1 atom stereocenters. The molecule has 1 aromatic carbocycles. The van der Waals surface area contributed by atoms with Crippen molar-refractivity contribution in [2.24, 2.45) is 0 Å². The number of unbranched alkanes of at least 4 members (excludes halogenated alkanes) is 2. The minimum atomic E-state index is -0.960. The van der Waals surface area contributed by atoms with Gasteiger partial charge in [0.05, 0.1) is 19.1 Å². The maximum atomic E-state index is 12.8. The van der Waals surface area contributed by atoms with Crippen molar-refractivity contribution in [3.8, 4) is 0 Å². The molecule has 0 saturated carbocycles. The molecule has 12 nitrogen and oxygen atoms in total. The van der Waals surface area contributed by atoms with Crippen LogP contribution in [0.5, 0.6) is 0 Å². The first kappa shape index (κ1) is 31.1. The van der Waals surface area contributed by atoms with Gasteiger partial charge in [0.25, 0.3) is 11.8 Å². The van der Waals surface area contributed by atoms with Gasteiger partial charge in [-0.3, -0.25) is 38.5 Å². The number of benzene rings is 1. The number of ketones is 2. The SMILES string of the molecule is [2H]C(=O)CNC(=O)CCC(=O)[C@H](Cc1ccccc1)NC(=O)CCC(=O)CNC(=O)CCCCCN1C(=O)C=CC1=O. The summed E-state index contributed by atoms with van der Waals surface area (Å²) in [6, 6.07) is 8.02. The maximum absolute atomic E-state index is 12.8. The van der Waals surface area contributed by atoms with Gasteiger partial charge in [0.1, 0.15) is 7.63 Å². The normalized spacial score (nSPS) is 13.4. The van der Waals surface area contributed by atoms with Crippen LogP contribution in [-0.4, -0.2) is 77.9 Å². The Morgan fingerprint density at radius 1 is 0.805 bits per heavy atom. The zero-order valence-corrected chi connectivity index (χ0v) is 22.8. The molecule has 0 spiro atoms. The highest BCUT2D eigenvalue weighted by Crippen LogP contribution is 2.09. The zero-order chi connectivity index (χ0) is 30.9. The van der Waals surface area contributed by atoms with Crippen LogP contribution in [0.3, 0.4) is 0 Å². The van der Waals surface area contributed by atoms with Crippen molar-refractivity contribution in [3.63, 3.8) is 0 Å². The summed E-state index contributed by atoms with van der Waals surface area (Å²) in [4.78, 5) is 96.3. The van der Waals surface area contributed by atoms with Crippen LogP contribution >= 0.6 is 0 Å². The Morgan fingerprint density at radius 3 is 2.15 bits per heavy atom. The number of imide groups is 1. The summed E-state index contributed by atoms with van der Waals surface area (Å²) in [5.74, 6) is -2.86. The van der Waals surface area contributed by atoms with Crippen molar-refractivity contribution in [1.29, 1.82) is 0 Å². The number of Topliss-reactive ketones (excluding diaryl/α,β-unsaturated/α-hetero) is 2. The Labute approximate surface area is 239 Å². The minimum Gasteiger partial charge on any atom is -0.349 e. The standard InChI is InChI=1S/C29H36N4O8/c34-18-16-30-26(38)13-11-24(36)23(19-21-7-3-1-4-8-21)32-27(39)12-10-22(35)20-31-25(37)9-5-2-6-17-33-28(40)14-15-29(33)41/h1,3-4,7-8,14-15,18,23H,2,5-6,9-13,16-17,19-20H2,(H,30,38)(H,31,37)(H,32,39)/t23-/m0/s1/i18D. The van der Waals surface area contributed by atoms with E-state index in [-0.39, 0.29) is 75.1 Å². The number of rotatable bonds is 20. The molecule has 1 aliphatic heterocycles. The summed E-state index contributed by atoms with van der Waals surface area (Å²) < 4.78 is 6.82. The third-order valence-corrected chi connectivity index (χ3v) is 6.26. The largest absolute Gasteiger partial charge is 0.349 e. The molecule has 1 aromatic rings. The topological polar surface area (TPSA) is 176 Å². The van der Waals surface area contributed by atoms with Crippen molar-refractivity contribution in [2.75, 3.05) is 19.6 Å². The molecule has 2 rings (SSSR count). The van der Waals surface area contributed by atoms with Crippen molar-refractivity contribution in [3.05, 3.63) is 48.0 Å². The van der Waals surface area contributed by atoms with E-state index >= 15 is 0 Å². The first-order valence-electron chi connectivity index (χ1n) is 14.0. The molecule has 0 unspecified atom stereocenters. The fraction of sp³-hybridized carbons (Fsp3) is 0.448. The van der Waals surface area contributed by atoms with Gasteiger partial charge >= 0.3 is 0 Å². The third kappa shape index (κ3) is 12.9. The van der Waals surface area contributed by atoms with Crippen LogP contribution in [0.2, 0.25) is 0 Å². The fourth-order valence-corrected chi connectivity index (χ4v) is 4.01. The predicted molar refractivity (Wildman–Crippen MR) is 147 cm³/mol. The monoisotopic (exact) mass is 569 g/mol. The Morgan fingerprint density at radius 2 is 1.46 bits per heavy atom. The molecule has 0 bridgehead atoms. The first-order valence-corrected chi connectivity index (χ1v) is 13.5. The van der Waals surface area contributed by atoms with Crippen molar-refractivity contribution in [2.45, 2.75) is 63.8 Å². The van der Waals surface area contributed by atoms with E-state index in [9.17, 15) is 38.4 Å². The predicted octanol–water partition coefficient (Wildman–Crippen LogP) is 0.329. The highest BCUT2D eigenvalue weighted by molar-refractivity contribution is 6.12. The van der Waals surface area contributed by atoms with Gasteiger partial charge in [0, 0.05) is 50.8 Å². The second-order valence-electron chi connectivity index (χ2n) is 9.48. The molecule has 1 heterocycles. The molecule has 220 valence electrons. The molecule has 0 aromatic heterocycles. The molecule has 41 heavy (non-hydrogen) atoms. The van der Waals surface area contributed by atoms with Gasteiger partial charge in [0.15, 0.2) is 11.6 Å². The average Bonchev–Trinajstić information content (AvgIpc) is 3.28. The molecular formula is C29H36N4O8. The number of hydrogen-bond acceptors (Lipinski definition) is 8. The van der Waals surface area contributed by atoms with Gasteiger partial charge in [-0.15, -0.1) is 0 Å². The number of aldehydes is 1. The van der Waals surface area contributed by atoms with E-state index in [4.69, 9.17) is 1.37 Å². The molecule has 0 radical (unpaired) electrons. The smallest absolute Gasteiger partial charge is 0.253 e. The lowest BCUT2D eigenvalue weighted by Crippen LogP contribution is -2.43. The van der Waals surface area contributed by atoms with Gasteiger partial charge in [0.2, 0.25) is 17.7 Å². The van der Waals surface area contributed by atoms with E-state index in [0.29, 0.717) is 19.3 Å². The van der Waals surface area contributed by atoms with Crippen LogP contribution in [0.4, 0.5) is 0 Å². The Balaban J connectivity index is 1.70. The fourth-order valence-electron chi connectivity index (χ4n) is 4.01. The first-order chi connectivity index (χ1) is 20.0. The van der Waals surface area contributed by atoms with Gasteiger partial charge in [-0.1, -0.05) is 36.8 Å². The van der Waals surface area contributed by atoms with E-state index in [1.807, 2.05) is 0 Å². The summed E-state index contributed by atoms with van der Waals surface area (Å²) in [5.41, 5.74) is 0.786. The minimum absolute atomic E-state index is 0.145. The highest BCUT2D eigenvalue weighted by atomic mass is 16.2. The van der Waals surface area contributed by atoms with Crippen LogP contribution in [0.25, 0.3) is 0 Å². The van der Waals surface area contributed by atoms with Crippen molar-refractivity contribution < 1.29 is 39.7 Å². The number of nitrogens with zero attached hydrogens (tertiary/aromatic N) is 1. The number of hydrogen-bond donors (Lipinski definition) is 3. The average molecular weight is 570 g/mol. The van der Waals surface area contributed by atoms with E-state index in [2.05, 4.69) is 16.0 Å². The molecule has 0 fully saturated rings. The number of carbonyl (C=O) groups excluding carboxylic acids is 8. The van der Waals surface area contributed by atoms with Crippen LogP contribution in [0, 0.1) is 0 Å². The summed E-state index contributed by atoms with van der Waals surface area (Å²) in [6.45, 7) is -0.402. The lowest BCUT2D eigenvalue weighted by molar-refractivity contribution is -0.137. The molecule has 12 heteroatoms. The summed E-state index contributed by atoms with van der Waals surface area (Å²) in [5, 5.41) is 7.39. The second kappa shape index (κ2) is 18.0. The van der Waals surface area contributed by atoms with Gasteiger partial charge in [-0.2, -0.15) is 0 Å². The second-order valence-corrected chi connectivity index (χ2v) is 9.48. The number of amides is 5. The summed E-state index contributed by atoms with van der Waals surface area (Å²) in [7, 11) is 0. The van der Waals surface area contributed by atoms with Crippen molar-refractivity contribution >= 4 is 47.4 Å². The van der Waals surface area contributed by atoms with E-state index in [0.717, 1.165) is 10.5 Å². The molecular weight excluding hydrogens is 532 g/mol. The highest BCUT2D eigenvalue weighted by Gasteiger charge is 2.23. The third-order valence-electron chi connectivity index (χ3n) is 6.26. The Kier molecular flexibility index (Phi) is 13.6. The summed E-state index contributed by atoms with van der Waals surface area (Å²) >= 11 is 0. The van der Waals surface area contributed by atoms with Crippen LogP contribution in [-0.2, 0) is 44.8 Å². The van der Waals surface area contributed by atoms with E-state index < -0.39 is 36.4 Å².